The van der Waals surface area contributed by atoms with E-state index in [2.05, 4.69) is 4.90 Å². The lowest BCUT2D eigenvalue weighted by Gasteiger charge is -2.36. The number of likely N-dealkylation sites (tertiary alicyclic amines) is 1. The minimum atomic E-state index is -0.458. The van der Waals surface area contributed by atoms with Gasteiger partial charge in [-0.2, -0.15) is 0 Å². The molecule has 1 amide bonds. The number of para-hydroxylation sites is 1. The number of hydrogen-bond acceptors (Lipinski definition) is 4. The van der Waals surface area contributed by atoms with Crippen LogP contribution in [0.2, 0.25) is 0 Å². The molecule has 0 spiro atoms. The molecule has 2 bridgehead atoms. The highest BCUT2D eigenvalue weighted by molar-refractivity contribution is 6.03. The Morgan fingerprint density at radius 3 is 2.95 bits per heavy atom. The maximum atomic E-state index is 11.6. The highest BCUT2D eigenvalue weighted by Gasteiger charge is 2.58. The van der Waals surface area contributed by atoms with Gasteiger partial charge in [-0.1, -0.05) is 6.07 Å². The average Bonchev–Trinajstić information content (AvgIpc) is 2.98. The van der Waals surface area contributed by atoms with Crippen molar-refractivity contribution in [1.29, 1.82) is 0 Å². The SMILES string of the molecule is NC(=O)c1cccc2nc(C34CC[C@H](CN3C3CC3)C4)oc12. The molecule has 114 valence electrons. The summed E-state index contributed by atoms with van der Waals surface area (Å²) in [5.41, 5.74) is 7.14. The maximum Gasteiger partial charge on any atom is 0.252 e. The smallest absolute Gasteiger partial charge is 0.252 e. The molecule has 1 saturated heterocycles. The quantitative estimate of drug-likeness (QED) is 0.944. The number of hydrogen-bond donors (Lipinski definition) is 1. The Hall–Kier alpha value is -1.88. The van der Waals surface area contributed by atoms with Crippen LogP contribution in [0.5, 0.6) is 0 Å². The fourth-order valence-electron chi connectivity index (χ4n) is 4.54. The van der Waals surface area contributed by atoms with Crippen molar-refractivity contribution in [3.8, 4) is 0 Å². The minimum Gasteiger partial charge on any atom is -0.438 e. The molecule has 5 heteroatoms. The first-order valence-corrected chi connectivity index (χ1v) is 8.14. The molecule has 0 radical (unpaired) electrons. The van der Waals surface area contributed by atoms with E-state index in [1.54, 1.807) is 6.07 Å². The Morgan fingerprint density at radius 2 is 2.23 bits per heavy atom. The number of oxazole rings is 1. The van der Waals surface area contributed by atoms with Gasteiger partial charge in [0.15, 0.2) is 5.58 Å². The lowest BCUT2D eigenvalue weighted by Crippen LogP contribution is -2.43. The van der Waals surface area contributed by atoms with E-state index in [0.717, 1.165) is 30.2 Å². The lowest BCUT2D eigenvalue weighted by molar-refractivity contribution is 0.0801. The highest BCUT2D eigenvalue weighted by atomic mass is 16.4. The van der Waals surface area contributed by atoms with E-state index in [9.17, 15) is 4.79 Å². The van der Waals surface area contributed by atoms with E-state index in [1.165, 1.54) is 25.8 Å². The van der Waals surface area contributed by atoms with Gasteiger partial charge >= 0.3 is 0 Å². The zero-order valence-corrected chi connectivity index (χ0v) is 12.4. The standard InChI is InChI=1S/C17H19N3O2/c18-15(21)12-2-1-3-13-14(12)22-16(19-13)17-7-6-10(8-17)9-20(17)11-4-5-11/h1-3,10-11H,4-9H2,(H2,18,21)/t10-,17?/m0/s1. The van der Waals surface area contributed by atoms with Crippen molar-refractivity contribution in [1.82, 2.24) is 9.88 Å². The molecular formula is C17H19N3O2. The second-order valence-electron chi connectivity index (χ2n) is 7.06. The summed E-state index contributed by atoms with van der Waals surface area (Å²) in [6.45, 7) is 1.17. The number of nitrogens with zero attached hydrogens (tertiary/aromatic N) is 2. The zero-order valence-electron chi connectivity index (χ0n) is 12.4. The van der Waals surface area contributed by atoms with Crippen molar-refractivity contribution >= 4 is 17.0 Å². The maximum absolute atomic E-state index is 11.6. The third kappa shape index (κ3) is 1.57. The largest absolute Gasteiger partial charge is 0.438 e. The van der Waals surface area contributed by atoms with E-state index in [1.807, 2.05) is 12.1 Å². The second kappa shape index (κ2) is 4.10. The summed E-state index contributed by atoms with van der Waals surface area (Å²) in [6, 6.07) is 6.13. The second-order valence-corrected chi connectivity index (χ2v) is 7.06. The highest BCUT2D eigenvalue weighted by Crippen LogP contribution is 2.56. The summed E-state index contributed by atoms with van der Waals surface area (Å²) in [4.78, 5) is 19.0. The van der Waals surface area contributed by atoms with Gasteiger partial charge in [-0.05, 0) is 50.2 Å². The van der Waals surface area contributed by atoms with Gasteiger partial charge in [-0.3, -0.25) is 9.69 Å². The first kappa shape index (κ1) is 12.6. The summed E-state index contributed by atoms with van der Waals surface area (Å²) in [5, 5.41) is 0. The number of amides is 1. The Balaban J connectivity index is 1.67. The van der Waals surface area contributed by atoms with Crippen LogP contribution in [0.1, 0.15) is 48.4 Å². The molecule has 22 heavy (non-hydrogen) atoms. The molecule has 1 unspecified atom stereocenters. The number of carbonyl (C=O) groups excluding carboxylic acids is 1. The molecule has 2 aromatic rings. The van der Waals surface area contributed by atoms with Crippen LogP contribution < -0.4 is 5.73 Å². The van der Waals surface area contributed by atoms with Crippen LogP contribution in [0.3, 0.4) is 0 Å². The average molecular weight is 297 g/mol. The first-order valence-electron chi connectivity index (χ1n) is 8.14. The van der Waals surface area contributed by atoms with E-state index in [-0.39, 0.29) is 5.54 Å². The van der Waals surface area contributed by atoms with E-state index >= 15 is 0 Å². The third-order valence-corrected chi connectivity index (χ3v) is 5.66. The molecule has 3 fully saturated rings. The van der Waals surface area contributed by atoms with Gasteiger partial charge in [0.2, 0.25) is 5.89 Å². The number of fused-ring (bicyclic) bond motifs is 3. The Kier molecular flexibility index (Phi) is 2.36. The van der Waals surface area contributed by atoms with Crippen LogP contribution in [-0.2, 0) is 5.54 Å². The normalized spacial score (nSPS) is 31.2. The van der Waals surface area contributed by atoms with Crippen molar-refractivity contribution < 1.29 is 9.21 Å². The molecule has 3 aliphatic rings. The summed E-state index contributed by atoms with van der Waals surface area (Å²) < 4.78 is 6.12. The summed E-state index contributed by atoms with van der Waals surface area (Å²) >= 11 is 0. The summed E-state index contributed by atoms with van der Waals surface area (Å²) in [5.74, 6) is 1.11. The van der Waals surface area contributed by atoms with Crippen LogP contribution in [0.4, 0.5) is 0 Å². The molecule has 2 N–H and O–H groups in total. The number of primary amides is 1. The molecular weight excluding hydrogens is 278 g/mol. The molecule has 2 atom stereocenters. The summed E-state index contributed by atoms with van der Waals surface area (Å²) in [6.07, 6.45) is 6.10. The Labute approximate surface area is 128 Å². The van der Waals surface area contributed by atoms with Gasteiger partial charge in [0.1, 0.15) is 5.52 Å². The van der Waals surface area contributed by atoms with Crippen molar-refractivity contribution in [2.75, 3.05) is 6.54 Å². The third-order valence-electron chi connectivity index (χ3n) is 5.66. The van der Waals surface area contributed by atoms with Gasteiger partial charge in [-0.15, -0.1) is 0 Å². The predicted octanol–water partition coefficient (Wildman–Crippen LogP) is 2.40. The number of benzene rings is 1. The van der Waals surface area contributed by atoms with Gasteiger partial charge in [0.05, 0.1) is 11.1 Å². The fourth-order valence-corrected chi connectivity index (χ4v) is 4.54. The number of rotatable bonds is 3. The van der Waals surface area contributed by atoms with E-state index < -0.39 is 5.91 Å². The van der Waals surface area contributed by atoms with Gasteiger partial charge < -0.3 is 10.2 Å². The van der Waals surface area contributed by atoms with Gasteiger partial charge in [0, 0.05) is 12.6 Å². The number of nitrogens with two attached hydrogens (primary N) is 1. The molecule has 1 aromatic carbocycles. The zero-order chi connectivity index (χ0) is 14.9. The molecule has 2 heterocycles. The predicted molar refractivity (Wildman–Crippen MR) is 81.3 cm³/mol. The topological polar surface area (TPSA) is 72.4 Å². The van der Waals surface area contributed by atoms with E-state index in [0.29, 0.717) is 17.2 Å². The molecule has 2 saturated carbocycles. The molecule has 1 aromatic heterocycles. The molecule has 2 aliphatic carbocycles. The van der Waals surface area contributed by atoms with E-state index in [4.69, 9.17) is 15.1 Å². The Morgan fingerprint density at radius 1 is 1.36 bits per heavy atom. The van der Waals surface area contributed by atoms with Gasteiger partial charge in [0.25, 0.3) is 5.91 Å². The van der Waals surface area contributed by atoms with Crippen LogP contribution in [0.15, 0.2) is 22.6 Å². The minimum absolute atomic E-state index is 0.0419. The molecule has 5 rings (SSSR count). The lowest BCUT2D eigenvalue weighted by atomic mass is 9.96. The van der Waals surface area contributed by atoms with Gasteiger partial charge in [-0.25, -0.2) is 4.98 Å². The van der Waals surface area contributed by atoms with Crippen LogP contribution >= 0.6 is 0 Å². The number of carbonyl (C=O) groups is 1. The number of piperidine rings is 1. The fraction of sp³-hybridized carbons (Fsp3) is 0.529. The van der Waals surface area contributed by atoms with Crippen LogP contribution in [0.25, 0.3) is 11.1 Å². The Bertz CT molecular complexity index is 779. The van der Waals surface area contributed by atoms with Crippen molar-refractivity contribution in [3.63, 3.8) is 0 Å². The number of aromatic nitrogens is 1. The van der Waals surface area contributed by atoms with Crippen molar-refractivity contribution in [2.24, 2.45) is 11.7 Å². The first-order chi connectivity index (χ1) is 10.7. The van der Waals surface area contributed by atoms with Crippen molar-refractivity contribution in [2.45, 2.75) is 43.7 Å². The monoisotopic (exact) mass is 297 g/mol. The molecule has 1 aliphatic heterocycles. The van der Waals surface area contributed by atoms with Crippen LogP contribution in [0, 0.1) is 5.92 Å². The summed E-state index contributed by atoms with van der Waals surface area (Å²) in [7, 11) is 0. The van der Waals surface area contributed by atoms with Crippen molar-refractivity contribution in [3.05, 3.63) is 29.7 Å². The molecule has 5 nitrogen and oxygen atoms in total. The van der Waals surface area contributed by atoms with Crippen LogP contribution in [-0.4, -0.2) is 28.4 Å².